The van der Waals surface area contributed by atoms with Gasteiger partial charge in [0, 0.05) is 12.5 Å². The van der Waals surface area contributed by atoms with E-state index in [0.29, 0.717) is 13.0 Å². The maximum Gasteiger partial charge on any atom is 0.360 e. The molecule has 1 N–H and O–H groups in total. The number of carbonyl (C=O) groups is 1. The number of esters is 1. The van der Waals surface area contributed by atoms with Crippen molar-refractivity contribution in [2.45, 2.75) is 31.7 Å². The molecule has 0 radical (unpaired) electrons. The Balaban J connectivity index is 2.28. The molecule has 106 valence electrons. The second-order valence-electron chi connectivity index (χ2n) is 4.60. The molecule has 1 aromatic heterocycles. The van der Waals surface area contributed by atoms with Crippen LogP contribution in [0.5, 0.6) is 0 Å². The monoisotopic (exact) mass is 270 g/mol. The van der Waals surface area contributed by atoms with E-state index in [0.717, 1.165) is 31.6 Å². The van der Waals surface area contributed by atoms with Crippen LogP contribution in [0.1, 0.15) is 41.4 Å². The largest absolute Gasteiger partial charge is 0.464 e. The van der Waals surface area contributed by atoms with E-state index in [1.165, 1.54) is 7.11 Å². The minimum atomic E-state index is -0.472. The van der Waals surface area contributed by atoms with E-state index in [9.17, 15) is 9.18 Å². The highest BCUT2D eigenvalue weighted by atomic mass is 19.1. The third kappa shape index (κ3) is 3.09. The van der Waals surface area contributed by atoms with Gasteiger partial charge in [-0.3, -0.25) is 4.39 Å². The second-order valence-corrected chi connectivity index (χ2v) is 4.60. The van der Waals surface area contributed by atoms with E-state index in [1.54, 1.807) is 4.68 Å². The summed E-state index contributed by atoms with van der Waals surface area (Å²) in [5.41, 5.74) is 1.06. The molecular formula is C12H19FN4O2. The molecule has 0 aromatic carbocycles. The average molecular weight is 270 g/mol. The lowest BCUT2D eigenvalue weighted by molar-refractivity contribution is 0.0591. The number of rotatable bonds is 5. The molecule has 1 saturated heterocycles. The van der Waals surface area contributed by atoms with Crippen LogP contribution in [0.15, 0.2) is 0 Å². The van der Waals surface area contributed by atoms with Crippen molar-refractivity contribution >= 4 is 5.97 Å². The number of nitrogens with one attached hydrogen (secondary N) is 1. The van der Waals surface area contributed by atoms with Crippen LogP contribution in [0.3, 0.4) is 0 Å². The summed E-state index contributed by atoms with van der Waals surface area (Å²) in [7, 11) is 1.33. The van der Waals surface area contributed by atoms with Crippen LogP contribution in [0.25, 0.3) is 0 Å². The van der Waals surface area contributed by atoms with Crippen LogP contribution in [0, 0.1) is 0 Å². The van der Waals surface area contributed by atoms with E-state index in [4.69, 9.17) is 4.74 Å². The lowest BCUT2D eigenvalue weighted by Gasteiger charge is -2.23. The van der Waals surface area contributed by atoms with Crippen LogP contribution >= 0.6 is 0 Å². The Labute approximate surface area is 111 Å². The van der Waals surface area contributed by atoms with Crippen molar-refractivity contribution in [2.75, 3.05) is 26.9 Å². The van der Waals surface area contributed by atoms with Crippen molar-refractivity contribution in [3.63, 3.8) is 0 Å². The van der Waals surface area contributed by atoms with Crippen molar-refractivity contribution in [3.8, 4) is 0 Å². The Hall–Kier alpha value is -1.50. The van der Waals surface area contributed by atoms with Crippen molar-refractivity contribution < 1.29 is 13.9 Å². The lowest BCUT2D eigenvalue weighted by Crippen LogP contribution is -2.29. The number of ether oxygens (including phenoxy) is 1. The highest BCUT2D eigenvalue weighted by molar-refractivity contribution is 5.88. The van der Waals surface area contributed by atoms with Gasteiger partial charge in [0.05, 0.1) is 19.5 Å². The smallest absolute Gasteiger partial charge is 0.360 e. The van der Waals surface area contributed by atoms with E-state index in [1.807, 2.05) is 0 Å². The molecule has 0 amide bonds. The quantitative estimate of drug-likeness (QED) is 0.805. The molecule has 1 aliphatic rings. The van der Waals surface area contributed by atoms with Gasteiger partial charge < -0.3 is 10.1 Å². The first-order chi connectivity index (χ1) is 9.27. The zero-order valence-electron chi connectivity index (χ0n) is 11.1. The summed E-state index contributed by atoms with van der Waals surface area (Å²) in [5, 5.41) is 11.2. The molecule has 6 nitrogen and oxygen atoms in total. The molecule has 7 heteroatoms. The van der Waals surface area contributed by atoms with Gasteiger partial charge in [0.15, 0.2) is 5.69 Å². The summed E-state index contributed by atoms with van der Waals surface area (Å²) in [6.45, 7) is 1.85. The number of hydrogen-bond acceptors (Lipinski definition) is 5. The van der Waals surface area contributed by atoms with Gasteiger partial charge in [-0.25, -0.2) is 9.48 Å². The van der Waals surface area contributed by atoms with Gasteiger partial charge in [-0.15, -0.1) is 5.10 Å². The Morgan fingerprint density at radius 1 is 1.53 bits per heavy atom. The summed E-state index contributed by atoms with van der Waals surface area (Å²) in [4.78, 5) is 11.7. The SMILES string of the molecule is COC(=O)c1nnn(CCCF)c1C1CCNCC1. The maximum absolute atomic E-state index is 12.3. The highest BCUT2D eigenvalue weighted by Gasteiger charge is 2.28. The summed E-state index contributed by atoms with van der Waals surface area (Å²) in [5.74, 6) is -0.245. The predicted octanol–water partition coefficient (Wildman–Crippen LogP) is 0.891. The first-order valence-corrected chi connectivity index (χ1v) is 6.56. The zero-order chi connectivity index (χ0) is 13.7. The number of carbonyl (C=O) groups excluding carboxylic acids is 1. The molecule has 0 aliphatic carbocycles. The number of nitrogens with zero attached hydrogens (tertiary/aromatic N) is 3. The number of aryl methyl sites for hydroxylation is 1. The van der Waals surface area contributed by atoms with Crippen LogP contribution in [0.4, 0.5) is 4.39 Å². The van der Waals surface area contributed by atoms with E-state index < -0.39 is 12.6 Å². The fourth-order valence-corrected chi connectivity index (χ4v) is 2.44. The van der Waals surface area contributed by atoms with Crippen molar-refractivity contribution in [1.29, 1.82) is 0 Å². The Kier molecular flexibility index (Phi) is 4.84. The van der Waals surface area contributed by atoms with E-state index in [-0.39, 0.29) is 11.6 Å². The van der Waals surface area contributed by atoms with Gasteiger partial charge in [-0.05, 0) is 32.4 Å². The number of hydrogen-bond donors (Lipinski definition) is 1. The Morgan fingerprint density at radius 2 is 2.26 bits per heavy atom. The highest BCUT2D eigenvalue weighted by Crippen LogP contribution is 2.27. The third-order valence-corrected chi connectivity index (χ3v) is 3.38. The van der Waals surface area contributed by atoms with Gasteiger partial charge >= 0.3 is 5.97 Å². The van der Waals surface area contributed by atoms with Crippen molar-refractivity contribution in [2.24, 2.45) is 0 Å². The van der Waals surface area contributed by atoms with E-state index >= 15 is 0 Å². The summed E-state index contributed by atoms with van der Waals surface area (Å²) in [6.07, 6.45) is 2.22. The van der Waals surface area contributed by atoms with Gasteiger partial charge in [0.1, 0.15) is 0 Å². The molecule has 2 heterocycles. The van der Waals surface area contributed by atoms with Crippen LogP contribution in [-0.2, 0) is 11.3 Å². The predicted molar refractivity (Wildman–Crippen MR) is 66.8 cm³/mol. The number of methoxy groups -OCH3 is 1. The molecule has 0 bridgehead atoms. The fraction of sp³-hybridized carbons (Fsp3) is 0.750. The normalized spacial score (nSPS) is 16.5. The van der Waals surface area contributed by atoms with Crippen molar-refractivity contribution in [3.05, 3.63) is 11.4 Å². The lowest BCUT2D eigenvalue weighted by atomic mass is 9.93. The summed E-state index contributed by atoms with van der Waals surface area (Å²) in [6, 6.07) is 0. The first kappa shape index (κ1) is 13.9. The molecule has 2 rings (SSSR count). The molecule has 0 atom stereocenters. The molecular weight excluding hydrogens is 251 g/mol. The Bertz CT molecular complexity index is 429. The molecule has 0 spiro atoms. The molecule has 0 unspecified atom stereocenters. The van der Waals surface area contributed by atoms with Gasteiger partial charge in [-0.2, -0.15) is 0 Å². The van der Waals surface area contributed by atoms with Crippen LogP contribution in [-0.4, -0.2) is 47.8 Å². The van der Waals surface area contributed by atoms with Crippen molar-refractivity contribution in [1.82, 2.24) is 20.3 Å². The fourth-order valence-electron chi connectivity index (χ4n) is 2.44. The van der Waals surface area contributed by atoms with Crippen LogP contribution in [0.2, 0.25) is 0 Å². The molecule has 19 heavy (non-hydrogen) atoms. The third-order valence-electron chi connectivity index (χ3n) is 3.38. The minimum absolute atomic E-state index is 0.227. The van der Waals surface area contributed by atoms with E-state index in [2.05, 4.69) is 15.6 Å². The number of halogens is 1. The van der Waals surface area contributed by atoms with Gasteiger partial charge in [0.2, 0.25) is 0 Å². The second kappa shape index (κ2) is 6.60. The topological polar surface area (TPSA) is 69.0 Å². The standard InChI is InChI=1S/C12H19FN4O2/c1-19-12(18)10-11(9-3-6-14-7-4-9)17(16-15-10)8-2-5-13/h9,14H,2-8H2,1H3. The molecule has 1 aliphatic heterocycles. The summed E-state index contributed by atoms with van der Waals surface area (Å²) >= 11 is 0. The minimum Gasteiger partial charge on any atom is -0.464 e. The number of alkyl halides is 1. The first-order valence-electron chi connectivity index (χ1n) is 6.56. The zero-order valence-corrected chi connectivity index (χ0v) is 11.1. The van der Waals surface area contributed by atoms with Crippen LogP contribution < -0.4 is 5.32 Å². The number of aromatic nitrogens is 3. The van der Waals surface area contributed by atoms with Gasteiger partial charge in [0.25, 0.3) is 0 Å². The number of piperidine rings is 1. The average Bonchev–Trinajstić information content (AvgIpc) is 2.89. The van der Waals surface area contributed by atoms with Gasteiger partial charge in [-0.1, -0.05) is 5.21 Å². The maximum atomic E-state index is 12.3. The molecule has 0 saturated carbocycles. The molecule has 1 fully saturated rings. The summed E-state index contributed by atoms with van der Waals surface area (Å²) < 4.78 is 18.7. The molecule has 1 aromatic rings. The Morgan fingerprint density at radius 3 is 2.89 bits per heavy atom.